The second-order valence-corrected chi connectivity index (χ2v) is 5.80. The Balaban J connectivity index is 1.81. The molecule has 2 rings (SSSR count). The summed E-state index contributed by atoms with van der Waals surface area (Å²) in [5, 5.41) is 0. The molecular weight excluding hydrogens is 274 g/mol. The third-order valence-electron chi connectivity index (χ3n) is 3.94. The van der Waals surface area contributed by atoms with Crippen molar-refractivity contribution >= 4 is 17.5 Å². The standard InChI is InChI=1S/C16H22ClNO2/c1-12-4-3-5-14(10-12)20-9-7-16(19)18-8-6-13(2)15(18)11-17/h3-5,10,13,15H,6-9,11H2,1-2H3. The largest absolute Gasteiger partial charge is 0.493 e. The Hall–Kier alpha value is -1.22. The summed E-state index contributed by atoms with van der Waals surface area (Å²) in [4.78, 5) is 14.1. The van der Waals surface area contributed by atoms with E-state index in [0.717, 1.165) is 24.3 Å². The van der Waals surface area contributed by atoms with Crippen LogP contribution in [0.5, 0.6) is 5.75 Å². The maximum Gasteiger partial charge on any atom is 0.226 e. The highest BCUT2D eigenvalue weighted by Gasteiger charge is 2.33. The molecule has 0 bridgehead atoms. The molecule has 0 aliphatic carbocycles. The molecule has 2 unspecified atom stereocenters. The number of nitrogens with zero attached hydrogens (tertiary/aromatic N) is 1. The molecule has 20 heavy (non-hydrogen) atoms. The number of likely N-dealkylation sites (tertiary alicyclic amines) is 1. The zero-order valence-corrected chi connectivity index (χ0v) is 12.9. The topological polar surface area (TPSA) is 29.5 Å². The van der Waals surface area contributed by atoms with E-state index in [2.05, 4.69) is 6.92 Å². The first kappa shape index (κ1) is 15.2. The summed E-state index contributed by atoms with van der Waals surface area (Å²) in [5.41, 5.74) is 1.16. The fraction of sp³-hybridized carbons (Fsp3) is 0.562. The van der Waals surface area contributed by atoms with E-state index in [0.29, 0.717) is 24.8 Å². The number of aryl methyl sites for hydroxylation is 1. The molecule has 1 aliphatic rings. The summed E-state index contributed by atoms with van der Waals surface area (Å²) in [6.45, 7) is 5.42. The summed E-state index contributed by atoms with van der Waals surface area (Å²) in [5.74, 6) is 1.98. The molecule has 1 aliphatic heterocycles. The SMILES string of the molecule is Cc1cccc(OCCC(=O)N2CCC(C)C2CCl)c1. The van der Waals surface area contributed by atoms with Gasteiger partial charge in [0.1, 0.15) is 5.75 Å². The quantitative estimate of drug-likeness (QED) is 0.781. The van der Waals surface area contributed by atoms with Crippen LogP contribution in [0.2, 0.25) is 0 Å². The summed E-state index contributed by atoms with van der Waals surface area (Å²) in [6, 6.07) is 8.05. The highest BCUT2D eigenvalue weighted by atomic mass is 35.5. The number of alkyl halides is 1. The Bertz CT molecular complexity index is 464. The highest BCUT2D eigenvalue weighted by molar-refractivity contribution is 6.18. The van der Waals surface area contributed by atoms with Crippen molar-refractivity contribution in [3.8, 4) is 5.75 Å². The lowest BCUT2D eigenvalue weighted by Gasteiger charge is -2.25. The van der Waals surface area contributed by atoms with Gasteiger partial charge in [0, 0.05) is 18.5 Å². The van der Waals surface area contributed by atoms with E-state index in [1.807, 2.05) is 36.1 Å². The van der Waals surface area contributed by atoms with E-state index in [9.17, 15) is 4.79 Å². The van der Waals surface area contributed by atoms with Gasteiger partial charge in [-0.05, 0) is 37.0 Å². The van der Waals surface area contributed by atoms with Gasteiger partial charge >= 0.3 is 0 Å². The van der Waals surface area contributed by atoms with Gasteiger partial charge in [-0.2, -0.15) is 0 Å². The summed E-state index contributed by atoms with van der Waals surface area (Å²) >= 11 is 5.96. The molecule has 1 heterocycles. The van der Waals surface area contributed by atoms with Crippen molar-refractivity contribution in [1.82, 2.24) is 4.90 Å². The Labute approximate surface area is 125 Å². The monoisotopic (exact) mass is 295 g/mol. The minimum atomic E-state index is 0.146. The maximum atomic E-state index is 12.2. The molecule has 4 heteroatoms. The van der Waals surface area contributed by atoms with Crippen LogP contribution in [0.25, 0.3) is 0 Å². The zero-order valence-electron chi connectivity index (χ0n) is 12.1. The predicted molar refractivity (Wildman–Crippen MR) is 81.3 cm³/mol. The van der Waals surface area contributed by atoms with Crippen molar-refractivity contribution in [3.05, 3.63) is 29.8 Å². The van der Waals surface area contributed by atoms with Crippen molar-refractivity contribution in [3.63, 3.8) is 0 Å². The zero-order chi connectivity index (χ0) is 14.5. The lowest BCUT2D eigenvalue weighted by atomic mass is 10.1. The molecule has 1 fully saturated rings. The van der Waals surface area contributed by atoms with E-state index < -0.39 is 0 Å². The molecule has 1 aromatic carbocycles. The first-order chi connectivity index (χ1) is 9.61. The number of halogens is 1. The number of ether oxygens (including phenoxy) is 1. The predicted octanol–water partition coefficient (Wildman–Crippen LogP) is 3.24. The molecule has 1 aromatic rings. The van der Waals surface area contributed by atoms with Crippen LogP contribution in [-0.4, -0.2) is 35.9 Å². The molecule has 0 spiro atoms. The van der Waals surface area contributed by atoms with Crippen molar-refractivity contribution in [2.45, 2.75) is 32.7 Å². The van der Waals surface area contributed by atoms with Gasteiger partial charge in [0.05, 0.1) is 13.0 Å². The van der Waals surface area contributed by atoms with Crippen LogP contribution in [0.1, 0.15) is 25.3 Å². The van der Waals surface area contributed by atoms with Crippen molar-refractivity contribution in [2.75, 3.05) is 19.0 Å². The van der Waals surface area contributed by atoms with E-state index in [1.54, 1.807) is 0 Å². The summed E-state index contributed by atoms with van der Waals surface area (Å²) in [7, 11) is 0. The normalized spacial score (nSPS) is 22.1. The number of benzene rings is 1. The first-order valence-corrected chi connectivity index (χ1v) is 7.70. The van der Waals surface area contributed by atoms with Crippen LogP contribution in [0.4, 0.5) is 0 Å². The van der Waals surface area contributed by atoms with Gasteiger partial charge in [0.15, 0.2) is 0 Å². The average Bonchev–Trinajstić information content (AvgIpc) is 2.80. The number of rotatable bonds is 5. The maximum absolute atomic E-state index is 12.2. The number of hydrogen-bond acceptors (Lipinski definition) is 2. The van der Waals surface area contributed by atoms with Gasteiger partial charge in [0.2, 0.25) is 5.91 Å². The molecular formula is C16H22ClNO2. The first-order valence-electron chi connectivity index (χ1n) is 7.16. The van der Waals surface area contributed by atoms with Crippen molar-refractivity contribution in [2.24, 2.45) is 5.92 Å². The van der Waals surface area contributed by atoms with Crippen LogP contribution in [-0.2, 0) is 4.79 Å². The lowest BCUT2D eigenvalue weighted by Crippen LogP contribution is -2.39. The number of carbonyl (C=O) groups excluding carboxylic acids is 1. The van der Waals surface area contributed by atoms with Crippen LogP contribution in [0.3, 0.4) is 0 Å². The molecule has 110 valence electrons. The Morgan fingerprint density at radius 2 is 2.30 bits per heavy atom. The van der Waals surface area contributed by atoms with Gasteiger partial charge < -0.3 is 9.64 Å². The third kappa shape index (κ3) is 3.66. The Morgan fingerprint density at radius 3 is 3.00 bits per heavy atom. The molecule has 1 saturated heterocycles. The minimum Gasteiger partial charge on any atom is -0.493 e. The van der Waals surface area contributed by atoms with Gasteiger partial charge in [-0.25, -0.2) is 0 Å². The minimum absolute atomic E-state index is 0.146. The van der Waals surface area contributed by atoms with Gasteiger partial charge in [0.25, 0.3) is 0 Å². The van der Waals surface area contributed by atoms with Crippen LogP contribution < -0.4 is 4.74 Å². The van der Waals surface area contributed by atoms with Crippen molar-refractivity contribution < 1.29 is 9.53 Å². The molecule has 3 nitrogen and oxygen atoms in total. The highest BCUT2D eigenvalue weighted by Crippen LogP contribution is 2.25. The molecule has 0 aromatic heterocycles. The van der Waals surface area contributed by atoms with Crippen LogP contribution in [0, 0.1) is 12.8 Å². The summed E-state index contributed by atoms with van der Waals surface area (Å²) in [6.07, 6.45) is 1.45. The molecule has 2 atom stereocenters. The Kier molecular flexibility index (Phi) is 5.30. The average molecular weight is 296 g/mol. The molecule has 0 N–H and O–H groups in total. The molecule has 0 saturated carbocycles. The van der Waals surface area contributed by atoms with Gasteiger partial charge in [-0.3, -0.25) is 4.79 Å². The smallest absolute Gasteiger partial charge is 0.226 e. The second kappa shape index (κ2) is 6.98. The molecule has 0 radical (unpaired) electrons. The lowest BCUT2D eigenvalue weighted by molar-refractivity contribution is -0.132. The second-order valence-electron chi connectivity index (χ2n) is 5.49. The van der Waals surface area contributed by atoms with E-state index in [1.165, 1.54) is 0 Å². The van der Waals surface area contributed by atoms with Crippen LogP contribution >= 0.6 is 11.6 Å². The van der Waals surface area contributed by atoms with Gasteiger partial charge in [-0.1, -0.05) is 19.1 Å². The Morgan fingerprint density at radius 1 is 1.50 bits per heavy atom. The van der Waals surface area contributed by atoms with Crippen LogP contribution in [0.15, 0.2) is 24.3 Å². The van der Waals surface area contributed by atoms with E-state index >= 15 is 0 Å². The number of carbonyl (C=O) groups is 1. The summed E-state index contributed by atoms with van der Waals surface area (Å²) < 4.78 is 5.63. The number of hydrogen-bond donors (Lipinski definition) is 0. The van der Waals surface area contributed by atoms with E-state index in [-0.39, 0.29) is 11.9 Å². The fourth-order valence-electron chi connectivity index (χ4n) is 2.66. The fourth-order valence-corrected chi connectivity index (χ4v) is 3.13. The van der Waals surface area contributed by atoms with Gasteiger partial charge in [-0.15, -0.1) is 11.6 Å². The van der Waals surface area contributed by atoms with E-state index in [4.69, 9.17) is 16.3 Å². The molecule has 1 amide bonds. The van der Waals surface area contributed by atoms with Crippen molar-refractivity contribution in [1.29, 1.82) is 0 Å². The third-order valence-corrected chi connectivity index (χ3v) is 4.25. The number of amides is 1.